The third-order valence-corrected chi connectivity index (χ3v) is 7.54. The largest absolute Gasteiger partial charge is 0.367 e. The molecule has 5 heteroatoms. The number of sulfone groups is 1. The van der Waals surface area contributed by atoms with Crippen molar-refractivity contribution in [3.8, 4) is 0 Å². The second-order valence-electron chi connectivity index (χ2n) is 7.30. The topological polar surface area (TPSA) is 37.4 Å². The lowest BCUT2D eigenvalue weighted by Gasteiger charge is -2.36. The van der Waals surface area contributed by atoms with Crippen LogP contribution >= 0.6 is 15.9 Å². The summed E-state index contributed by atoms with van der Waals surface area (Å²) in [6, 6.07) is 25.4. The highest BCUT2D eigenvalue weighted by atomic mass is 79.9. The number of rotatable bonds is 5. The second kappa shape index (κ2) is 8.10. The maximum atomic E-state index is 12.9. The number of hydrogen-bond acceptors (Lipinski definition) is 3. The first-order valence-corrected chi connectivity index (χ1v) is 11.8. The third kappa shape index (κ3) is 4.31. The summed E-state index contributed by atoms with van der Waals surface area (Å²) in [5.74, 6) is 0.213. The standard InChI is InChI=1S/C23H22BrNO2S/c24-21-11-12-23-20(14-21)13-19(16-25(23)15-18-7-3-1-4-8-18)17-28(26,27)22-9-5-2-6-10-22/h1-12,14,19H,13,15-17H2/t19-/m0/s1. The van der Waals surface area contributed by atoms with Gasteiger partial charge in [-0.3, -0.25) is 0 Å². The number of anilines is 1. The van der Waals surface area contributed by atoms with E-state index in [1.165, 1.54) is 16.8 Å². The Bertz CT molecular complexity index is 1050. The fourth-order valence-corrected chi connectivity index (χ4v) is 5.93. The van der Waals surface area contributed by atoms with E-state index in [-0.39, 0.29) is 11.7 Å². The molecule has 0 saturated heterocycles. The van der Waals surface area contributed by atoms with Crippen LogP contribution in [0.4, 0.5) is 5.69 Å². The molecule has 0 aliphatic carbocycles. The molecular weight excluding hydrogens is 434 g/mol. The van der Waals surface area contributed by atoms with Gasteiger partial charge in [0.25, 0.3) is 0 Å². The Kier molecular flexibility index (Phi) is 5.56. The molecule has 1 aliphatic rings. The van der Waals surface area contributed by atoms with E-state index in [9.17, 15) is 8.42 Å². The molecule has 0 fully saturated rings. The normalized spacial score (nSPS) is 16.6. The lowest BCUT2D eigenvalue weighted by atomic mass is 9.93. The molecule has 3 aromatic carbocycles. The van der Waals surface area contributed by atoms with Crippen molar-refractivity contribution in [3.05, 3.63) is 94.5 Å². The molecule has 1 heterocycles. The first kappa shape index (κ1) is 19.2. The summed E-state index contributed by atoms with van der Waals surface area (Å²) in [6.07, 6.45) is 0.770. The van der Waals surface area contributed by atoms with Crippen LogP contribution in [0, 0.1) is 5.92 Å². The molecule has 0 spiro atoms. The first-order valence-electron chi connectivity index (χ1n) is 9.36. The number of nitrogens with zero attached hydrogens (tertiary/aromatic N) is 1. The van der Waals surface area contributed by atoms with E-state index >= 15 is 0 Å². The molecule has 4 rings (SSSR count). The molecule has 0 saturated carbocycles. The third-order valence-electron chi connectivity index (χ3n) is 5.14. The Hall–Kier alpha value is -2.11. The number of halogens is 1. The van der Waals surface area contributed by atoms with Crippen molar-refractivity contribution in [1.29, 1.82) is 0 Å². The second-order valence-corrected chi connectivity index (χ2v) is 10.3. The molecule has 3 nitrogen and oxygen atoms in total. The maximum absolute atomic E-state index is 12.9. The van der Waals surface area contributed by atoms with E-state index in [2.05, 4.69) is 51.2 Å². The zero-order chi connectivity index (χ0) is 19.6. The van der Waals surface area contributed by atoms with Gasteiger partial charge >= 0.3 is 0 Å². The molecule has 1 aliphatic heterocycles. The van der Waals surface area contributed by atoms with Gasteiger partial charge in [-0.05, 0) is 53.8 Å². The highest BCUT2D eigenvalue weighted by Gasteiger charge is 2.29. The van der Waals surface area contributed by atoms with Crippen LogP contribution in [0.25, 0.3) is 0 Å². The molecule has 0 aromatic heterocycles. The van der Waals surface area contributed by atoms with Crippen molar-refractivity contribution in [2.75, 3.05) is 17.2 Å². The van der Waals surface area contributed by atoms with Gasteiger partial charge in [0.2, 0.25) is 0 Å². The van der Waals surface area contributed by atoms with Crippen molar-refractivity contribution >= 4 is 31.5 Å². The van der Waals surface area contributed by atoms with Crippen LogP contribution in [0.2, 0.25) is 0 Å². The van der Waals surface area contributed by atoms with Crippen molar-refractivity contribution in [2.24, 2.45) is 5.92 Å². The van der Waals surface area contributed by atoms with Crippen molar-refractivity contribution in [2.45, 2.75) is 17.9 Å². The molecule has 0 N–H and O–H groups in total. The van der Waals surface area contributed by atoms with Gasteiger partial charge in [-0.1, -0.05) is 64.5 Å². The summed E-state index contributed by atoms with van der Waals surface area (Å²) in [6.45, 7) is 1.51. The quantitative estimate of drug-likeness (QED) is 0.536. The van der Waals surface area contributed by atoms with Gasteiger partial charge in [0, 0.05) is 23.2 Å². The van der Waals surface area contributed by atoms with Crippen LogP contribution in [0.3, 0.4) is 0 Å². The highest BCUT2D eigenvalue weighted by molar-refractivity contribution is 9.10. The van der Waals surface area contributed by atoms with Crippen LogP contribution in [-0.2, 0) is 22.8 Å². The van der Waals surface area contributed by atoms with Crippen LogP contribution in [-0.4, -0.2) is 20.7 Å². The van der Waals surface area contributed by atoms with Gasteiger partial charge in [0.05, 0.1) is 10.6 Å². The first-order chi connectivity index (χ1) is 13.5. The monoisotopic (exact) mass is 455 g/mol. The summed E-state index contributed by atoms with van der Waals surface area (Å²) in [5.41, 5.74) is 3.62. The summed E-state index contributed by atoms with van der Waals surface area (Å²) in [4.78, 5) is 2.72. The van der Waals surface area contributed by atoms with Gasteiger partial charge in [0.1, 0.15) is 0 Å². The minimum absolute atomic E-state index is 0.0516. The number of hydrogen-bond donors (Lipinski definition) is 0. The average Bonchev–Trinajstić information content (AvgIpc) is 2.69. The van der Waals surface area contributed by atoms with Gasteiger partial charge in [-0.2, -0.15) is 0 Å². The van der Waals surface area contributed by atoms with Crippen LogP contribution in [0.5, 0.6) is 0 Å². The lowest BCUT2D eigenvalue weighted by molar-refractivity contribution is 0.515. The molecule has 28 heavy (non-hydrogen) atoms. The minimum Gasteiger partial charge on any atom is -0.367 e. The molecular formula is C23H22BrNO2S. The fraction of sp³-hybridized carbons (Fsp3) is 0.217. The Morgan fingerprint density at radius 2 is 1.61 bits per heavy atom. The smallest absolute Gasteiger partial charge is 0.178 e. The summed E-state index contributed by atoms with van der Waals surface area (Å²) in [5, 5.41) is 0. The Morgan fingerprint density at radius 3 is 2.32 bits per heavy atom. The summed E-state index contributed by atoms with van der Waals surface area (Å²) in [7, 11) is -3.31. The fourth-order valence-electron chi connectivity index (χ4n) is 3.91. The summed E-state index contributed by atoms with van der Waals surface area (Å²) < 4.78 is 26.9. The molecule has 1 atom stereocenters. The van der Waals surface area contributed by atoms with Crippen LogP contribution < -0.4 is 4.90 Å². The molecule has 0 unspecified atom stereocenters. The van der Waals surface area contributed by atoms with Gasteiger partial charge < -0.3 is 4.90 Å². The summed E-state index contributed by atoms with van der Waals surface area (Å²) >= 11 is 3.56. The zero-order valence-electron chi connectivity index (χ0n) is 15.5. The Balaban J connectivity index is 1.62. The van der Waals surface area contributed by atoms with E-state index < -0.39 is 9.84 Å². The predicted molar refractivity (Wildman–Crippen MR) is 117 cm³/mol. The van der Waals surface area contributed by atoms with E-state index in [1.807, 2.05) is 24.3 Å². The Morgan fingerprint density at radius 1 is 0.929 bits per heavy atom. The maximum Gasteiger partial charge on any atom is 0.178 e. The van der Waals surface area contributed by atoms with E-state index in [0.29, 0.717) is 4.90 Å². The zero-order valence-corrected chi connectivity index (χ0v) is 17.9. The molecule has 0 bridgehead atoms. The molecule has 144 valence electrons. The molecule has 0 amide bonds. The van der Waals surface area contributed by atoms with Crippen LogP contribution in [0.15, 0.2) is 88.2 Å². The minimum atomic E-state index is -3.31. The van der Waals surface area contributed by atoms with Crippen LogP contribution in [0.1, 0.15) is 11.1 Å². The average molecular weight is 456 g/mol. The highest BCUT2D eigenvalue weighted by Crippen LogP contribution is 2.34. The van der Waals surface area contributed by atoms with Crippen molar-refractivity contribution in [3.63, 3.8) is 0 Å². The van der Waals surface area contributed by atoms with Gasteiger partial charge in [0.15, 0.2) is 9.84 Å². The lowest BCUT2D eigenvalue weighted by Crippen LogP contribution is -2.38. The van der Waals surface area contributed by atoms with Crippen molar-refractivity contribution in [1.82, 2.24) is 0 Å². The van der Waals surface area contributed by atoms with Gasteiger partial charge in [-0.15, -0.1) is 0 Å². The van der Waals surface area contributed by atoms with E-state index in [1.54, 1.807) is 24.3 Å². The Labute approximate surface area is 175 Å². The molecule has 3 aromatic rings. The van der Waals surface area contributed by atoms with E-state index in [0.717, 1.165) is 24.0 Å². The number of fused-ring (bicyclic) bond motifs is 1. The molecule has 0 radical (unpaired) electrons. The van der Waals surface area contributed by atoms with Gasteiger partial charge in [-0.25, -0.2) is 8.42 Å². The van der Waals surface area contributed by atoms with E-state index in [4.69, 9.17) is 0 Å². The number of benzene rings is 3. The predicted octanol–water partition coefficient (Wildman–Crippen LogP) is 5.10. The van der Waals surface area contributed by atoms with Crippen molar-refractivity contribution < 1.29 is 8.42 Å². The SMILES string of the molecule is O=S(=O)(C[C@H]1Cc2cc(Br)ccc2N(Cc2ccccc2)C1)c1ccccc1.